The van der Waals surface area contributed by atoms with Gasteiger partial charge in [-0.1, -0.05) is 51.9 Å². The van der Waals surface area contributed by atoms with E-state index < -0.39 is 0 Å². The first-order valence-corrected chi connectivity index (χ1v) is 14.6. The molecule has 2 N–H and O–H groups in total. The molecule has 1 aliphatic heterocycles. The van der Waals surface area contributed by atoms with Crippen LogP contribution in [-0.2, 0) is 46.4 Å². The molecule has 2 aromatic rings. The van der Waals surface area contributed by atoms with Crippen molar-refractivity contribution < 1.29 is 18.7 Å². The Balaban J connectivity index is 0.000000429. The molecule has 9 heteroatoms. The number of carbonyl (C=O) groups excluding carboxylic acids is 1. The molecule has 194 valence electrons. The van der Waals surface area contributed by atoms with E-state index in [1.807, 2.05) is 26.0 Å². The molecule has 1 aromatic heterocycles. The smallest absolute Gasteiger partial charge is 0.308 e. The number of anilines is 2. The minimum Gasteiger partial charge on any atom is -0.462 e. The van der Waals surface area contributed by atoms with Crippen molar-refractivity contribution in [1.29, 1.82) is 0 Å². The third kappa shape index (κ3) is 7.82. The average Bonchev–Trinajstić information content (AvgIpc) is 3.49. The van der Waals surface area contributed by atoms with Gasteiger partial charge in [-0.15, -0.1) is 9.45 Å². The Kier molecular flexibility index (Phi) is 9.46. The fourth-order valence-corrected chi connectivity index (χ4v) is 6.33. The van der Waals surface area contributed by atoms with E-state index in [9.17, 15) is 9.18 Å². The Labute approximate surface area is 215 Å². The predicted octanol–water partition coefficient (Wildman–Crippen LogP) is 5.90. The molecule has 4 rings (SSSR count). The molecule has 1 aliphatic carbocycles. The van der Waals surface area contributed by atoms with Crippen LogP contribution in [0.25, 0.3) is 0 Å². The minimum absolute atomic E-state index is 0.0408. The zero-order chi connectivity index (χ0) is 25.8. The van der Waals surface area contributed by atoms with E-state index in [0.29, 0.717) is 22.7 Å². The number of ether oxygens (including phenoxy) is 2. The molecule has 1 saturated carbocycles. The van der Waals surface area contributed by atoms with Crippen molar-refractivity contribution in [3.63, 3.8) is 0 Å². The highest BCUT2D eigenvalue weighted by Gasteiger charge is 2.30. The number of hydrogen-bond donors (Lipinski definition) is 2. The maximum absolute atomic E-state index is 14.8. The van der Waals surface area contributed by atoms with Crippen LogP contribution in [0.5, 0.6) is 0 Å². The number of aromatic amines is 1. The summed E-state index contributed by atoms with van der Waals surface area (Å²) in [5, 5.41) is 10.4. The molecule has 35 heavy (non-hydrogen) atoms. The van der Waals surface area contributed by atoms with Gasteiger partial charge in [0.1, 0.15) is 6.10 Å². The first-order valence-electron chi connectivity index (χ1n) is 12.1. The Bertz CT molecular complexity index is 1050. The molecule has 0 amide bonds. The van der Waals surface area contributed by atoms with Gasteiger partial charge in [0, 0.05) is 41.9 Å². The van der Waals surface area contributed by atoms with Gasteiger partial charge in [-0.3, -0.25) is 9.89 Å². The number of H-pyrrole nitrogens is 1. The summed E-state index contributed by atoms with van der Waals surface area (Å²) < 4.78 is 25.2. The lowest BCUT2D eigenvalue weighted by Gasteiger charge is -2.15. The Morgan fingerprint density at radius 3 is 2.69 bits per heavy atom. The summed E-state index contributed by atoms with van der Waals surface area (Å²) in [6, 6.07) is 5.64. The predicted molar refractivity (Wildman–Crippen MR) is 143 cm³/mol. The number of hydrogen-bond acceptors (Lipinski definition) is 6. The van der Waals surface area contributed by atoms with Crippen LogP contribution in [0.15, 0.2) is 18.2 Å². The van der Waals surface area contributed by atoms with Crippen LogP contribution in [0, 0.1) is 17.2 Å². The number of aromatic nitrogens is 2. The zero-order valence-electron chi connectivity index (χ0n) is 21.6. The molecule has 2 aliphatic rings. The maximum atomic E-state index is 14.8. The number of methoxy groups -OCH3 is 1. The molecule has 0 bridgehead atoms. The lowest BCUT2D eigenvalue weighted by molar-refractivity contribution is -0.152. The zero-order valence-corrected chi connectivity index (χ0v) is 23.2. The van der Waals surface area contributed by atoms with Crippen molar-refractivity contribution in [2.45, 2.75) is 77.4 Å². The van der Waals surface area contributed by atoms with Crippen LogP contribution < -0.4 is 5.32 Å². The van der Waals surface area contributed by atoms with Crippen molar-refractivity contribution in [3.05, 3.63) is 40.8 Å². The second kappa shape index (κ2) is 11.9. The Morgan fingerprint density at radius 1 is 1.31 bits per heavy atom. The molecular formula is C26H38FN3O3S2. The summed E-state index contributed by atoms with van der Waals surface area (Å²) in [5.41, 5.74) is 3.51. The van der Waals surface area contributed by atoms with Crippen LogP contribution in [-0.4, -0.2) is 36.0 Å². The van der Waals surface area contributed by atoms with Crippen LogP contribution in [0.1, 0.15) is 76.6 Å². The molecule has 0 saturated heterocycles. The SMILES string of the molecule is CC(C)C(=O)OC1CCC(c2cc(Nc3ccc4c(c3F)CS(=S)C4)n[nH]2)C1.COCC(C)(C)C. The summed E-state index contributed by atoms with van der Waals surface area (Å²) in [7, 11) is 1.54. The number of benzene rings is 1. The van der Waals surface area contributed by atoms with Gasteiger partial charge in [-0.25, -0.2) is 4.39 Å². The van der Waals surface area contributed by atoms with Crippen LogP contribution in [0.3, 0.4) is 0 Å². The number of nitrogens with zero attached hydrogens (tertiary/aromatic N) is 1. The number of halogens is 1. The quantitative estimate of drug-likeness (QED) is 0.459. The van der Waals surface area contributed by atoms with E-state index in [-0.39, 0.29) is 39.2 Å². The van der Waals surface area contributed by atoms with E-state index in [1.54, 1.807) is 13.2 Å². The summed E-state index contributed by atoms with van der Waals surface area (Å²) in [4.78, 5) is 11.8. The molecule has 1 aromatic carbocycles. The van der Waals surface area contributed by atoms with Crippen LogP contribution >= 0.6 is 0 Å². The van der Waals surface area contributed by atoms with Crippen molar-refractivity contribution in [3.8, 4) is 0 Å². The standard InChI is InChI=1S/C20H24FN3O2S2.C6H14O/c1-11(2)20(25)26-14-5-3-12(7-14)17-8-18(24-23-17)22-16-6-4-13-9-28(27)10-15(13)19(16)21;1-6(2,3)5-7-4/h4,6,8,11-12,14H,3,5,7,9-10H2,1-2H3,(H2,22,23,24);5H2,1-4H3. The van der Waals surface area contributed by atoms with Gasteiger partial charge in [0.15, 0.2) is 11.6 Å². The lowest BCUT2D eigenvalue weighted by Crippen LogP contribution is -2.19. The number of fused-ring (bicyclic) bond motifs is 1. The number of nitrogens with one attached hydrogen (secondary N) is 2. The molecule has 2 heterocycles. The molecule has 0 spiro atoms. The van der Waals surface area contributed by atoms with Gasteiger partial charge < -0.3 is 14.8 Å². The van der Waals surface area contributed by atoms with E-state index >= 15 is 0 Å². The van der Waals surface area contributed by atoms with Crippen molar-refractivity contribution in [2.75, 3.05) is 19.0 Å². The monoisotopic (exact) mass is 523 g/mol. The summed E-state index contributed by atoms with van der Waals surface area (Å²) in [6.45, 7) is 11.0. The van der Waals surface area contributed by atoms with Crippen molar-refractivity contribution >= 4 is 38.1 Å². The molecule has 0 radical (unpaired) electrons. The van der Waals surface area contributed by atoms with Crippen LogP contribution in [0.4, 0.5) is 15.9 Å². The van der Waals surface area contributed by atoms with Gasteiger partial charge in [0.25, 0.3) is 0 Å². The van der Waals surface area contributed by atoms with E-state index in [1.165, 1.54) is 0 Å². The first-order chi connectivity index (χ1) is 16.5. The highest BCUT2D eigenvalue weighted by Crippen LogP contribution is 2.37. The van der Waals surface area contributed by atoms with E-state index in [2.05, 4.69) is 36.3 Å². The Hall–Kier alpha value is -1.84. The van der Waals surface area contributed by atoms with Gasteiger partial charge in [-0.05, 0) is 36.3 Å². The van der Waals surface area contributed by atoms with E-state index in [0.717, 1.165) is 48.4 Å². The minimum atomic E-state index is -0.219. The molecule has 3 atom stereocenters. The molecular weight excluding hydrogens is 485 g/mol. The lowest BCUT2D eigenvalue weighted by atomic mass is 9.99. The first kappa shape index (κ1) is 27.7. The summed E-state index contributed by atoms with van der Waals surface area (Å²) in [5.74, 6) is 1.80. The molecule has 1 fully saturated rings. The fourth-order valence-electron chi connectivity index (χ4n) is 4.25. The summed E-state index contributed by atoms with van der Waals surface area (Å²) >= 11 is 5.35. The third-order valence-electron chi connectivity index (χ3n) is 5.98. The summed E-state index contributed by atoms with van der Waals surface area (Å²) in [6.07, 6.45) is 2.54. The van der Waals surface area contributed by atoms with E-state index in [4.69, 9.17) is 20.7 Å². The number of esters is 1. The Morgan fingerprint density at radius 2 is 2.06 bits per heavy atom. The molecule has 6 nitrogen and oxygen atoms in total. The number of rotatable bonds is 6. The van der Waals surface area contributed by atoms with Crippen LogP contribution in [0.2, 0.25) is 0 Å². The van der Waals surface area contributed by atoms with Gasteiger partial charge in [0.05, 0.1) is 18.2 Å². The molecule has 3 unspecified atom stereocenters. The topological polar surface area (TPSA) is 76.2 Å². The van der Waals surface area contributed by atoms with Gasteiger partial charge in [-0.2, -0.15) is 5.10 Å². The normalized spacial score (nSPS) is 21.4. The third-order valence-corrected chi connectivity index (χ3v) is 7.93. The fraction of sp³-hybridized carbons (Fsp3) is 0.615. The van der Waals surface area contributed by atoms with Gasteiger partial charge in [0.2, 0.25) is 0 Å². The van der Waals surface area contributed by atoms with Crippen molar-refractivity contribution in [2.24, 2.45) is 11.3 Å². The van der Waals surface area contributed by atoms with Gasteiger partial charge >= 0.3 is 5.97 Å². The highest BCUT2D eigenvalue weighted by molar-refractivity contribution is 8.28. The van der Waals surface area contributed by atoms with Crippen molar-refractivity contribution in [1.82, 2.24) is 10.2 Å². The second-order valence-corrected chi connectivity index (χ2v) is 13.7. The highest BCUT2D eigenvalue weighted by atomic mass is 32.8. The average molecular weight is 524 g/mol. The largest absolute Gasteiger partial charge is 0.462 e. The second-order valence-electron chi connectivity index (χ2n) is 10.8. The number of carbonyl (C=O) groups is 1. The maximum Gasteiger partial charge on any atom is 0.308 e.